The normalized spacial score (nSPS) is 17.1. The third-order valence-electron chi connectivity index (χ3n) is 6.56. The van der Waals surface area contributed by atoms with Gasteiger partial charge in [-0.15, -0.1) is 0 Å². The van der Waals surface area contributed by atoms with Crippen LogP contribution in [0.5, 0.6) is 0 Å². The van der Waals surface area contributed by atoms with E-state index in [1.54, 1.807) is 31.2 Å². The molecule has 5 rings (SSSR count). The van der Waals surface area contributed by atoms with Gasteiger partial charge in [-0.1, -0.05) is 42.0 Å². The molecule has 182 valence electrons. The molecule has 0 bridgehead atoms. The number of aliphatic carboxylic acids is 1. The molecule has 0 spiro atoms. The number of rotatable bonds is 4. The van der Waals surface area contributed by atoms with Gasteiger partial charge in [-0.3, -0.25) is 4.79 Å². The standard InChI is InChI=1S/C27H20F2N2O5/c1-13-9-10-15(18(11-13)26(33)34)25(32)31-21(27(35)36)12-17-14-5-2-3-8-20(14)30-23(17)24(31)16-6-4-7-19(28)22(16)29/h2-11,21,24,30H,12H2,1H3,(H,33,34)(H,35,36)/t21-,24-/m0/s1. The topological polar surface area (TPSA) is 111 Å². The molecule has 1 aliphatic heterocycles. The van der Waals surface area contributed by atoms with Crippen molar-refractivity contribution in [2.45, 2.75) is 25.4 Å². The molecular formula is C27H20F2N2O5. The fourth-order valence-electron chi connectivity index (χ4n) is 4.95. The number of aryl methyl sites for hydroxylation is 1. The lowest BCUT2D eigenvalue weighted by atomic mass is 9.86. The number of carboxylic acids is 2. The Hall–Kier alpha value is -4.53. The molecule has 36 heavy (non-hydrogen) atoms. The molecule has 0 aliphatic carbocycles. The number of aromatic carboxylic acids is 1. The first-order chi connectivity index (χ1) is 17.2. The first kappa shape index (κ1) is 23.2. The molecule has 0 saturated carbocycles. The molecule has 1 aromatic heterocycles. The average Bonchev–Trinajstić information content (AvgIpc) is 3.22. The third kappa shape index (κ3) is 3.60. The van der Waals surface area contributed by atoms with E-state index in [4.69, 9.17) is 0 Å². The van der Waals surface area contributed by atoms with Crippen LogP contribution < -0.4 is 0 Å². The van der Waals surface area contributed by atoms with Crippen LogP contribution in [0.3, 0.4) is 0 Å². The van der Waals surface area contributed by atoms with Crippen LogP contribution in [-0.2, 0) is 11.2 Å². The summed E-state index contributed by atoms with van der Waals surface area (Å²) in [7, 11) is 0. The zero-order valence-corrected chi connectivity index (χ0v) is 19.0. The Morgan fingerprint density at radius 3 is 2.44 bits per heavy atom. The smallest absolute Gasteiger partial charge is 0.336 e. The predicted molar refractivity (Wildman–Crippen MR) is 126 cm³/mol. The highest BCUT2D eigenvalue weighted by Crippen LogP contribution is 2.43. The largest absolute Gasteiger partial charge is 0.480 e. The highest BCUT2D eigenvalue weighted by Gasteiger charge is 2.45. The minimum atomic E-state index is -1.47. The molecule has 0 unspecified atom stereocenters. The summed E-state index contributed by atoms with van der Waals surface area (Å²) in [6.45, 7) is 1.66. The molecule has 0 fully saturated rings. The number of carbonyl (C=O) groups excluding carboxylic acids is 1. The van der Waals surface area contributed by atoms with Gasteiger partial charge in [-0.25, -0.2) is 18.4 Å². The van der Waals surface area contributed by atoms with Gasteiger partial charge in [0.2, 0.25) is 0 Å². The van der Waals surface area contributed by atoms with Crippen LogP contribution in [0, 0.1) is 18.6 Å². The Morgan fingerprint density at radius 2 is 1.72 bits per heavy atom. The summed E-state index contributed by atoms with van der Waals surface area (Å²) >= 11 is 0. The lowest BCUT2D eigenvalue weighted by molar-refractivity contribution is -0.143. The van der Waals surface area contributed by atoms with Crippen molar-refractivity contribution in [3.05, 3.63) is 106 Å². The molecule has 4 aromatic rings. The number of hydrogen-bond acceptors (Lipinski definition) is 3. The summed E-state index contributed by atoms with van der Waals surface area (Å²) in [6, 6.07) is 11.9. The van der Waals surface area contributed by atoms with E-state index in [9.17, 15) is 29.0 Å². The summed E-state index contributed by atoms with van der Waals surface area (Å²) < 4.78 is 29.5. The number of carbonyl (C=O) groups is 3. The zero-order chi connectivity index (χ0) is 25.7. The van der Waals surface area contributed by atoms with Crippen molar-refractivity contribution in [3.8, 4) is 0 Å². The predicted octanol–water partition coefficient (Wildman–Crippen LogP) is 4.69. The van der Waals surface area contributed by atoms with Crippen LogP contribution in [0.25, 0.3) is 10.9 Å². The molecular weight excluding hydrogens is 470 g/mol. The number of nitrogens with one attached hydrogen (secondary N) is 1. The highest BCUT2D eigenvalue weighted by molar-refractivity contribution is 6.06. The third-order valence-corrected chi connectivity index (χ3v) is 6.56. The summed E-state index contributed by atoms with van der Waals surface area (Å²) in [4.78, 5) is 42.4. The van der Waals surface area contributed by atoms with Crippen LogP contribution in [0.15, 0.2) is 60.7 Å². The van der Waals surface area contributed by atoms with Crippen LogP contribution in [-0.4, -0.2) is 44.0 Å². The van der Waals surface area contributed by atoms with Gasteiger partial charge in [0.15, 0.2) is 11.6 Å². The van der Waals surface area contributed by atoms with Gasteiger partial charge in [0, 0.05) is 28.6 Å². The highest BCUT2D eigenvalue weighted by atomic mass is 19.2. The Morgan fingerprint density at radius 1 is 0.972 bits per heavy atom. The Kier molecular flexibility index (Phi) is 5.55. The number of nitrogens with zero attached hydrogens (tertiary/aromatic N) is 1. The summed E-state index contributed by atoms with van der Waals surface area (Å²) in [6.07, 6.45) is -0.109. The van der Waals surface area contributed by atoms with E-state index in [0.29, 0.717) is 27.7 Å². The van der Waals surface area contributed by atoms with E-state index < -0.39 is 41.6 Å². The van der Waals surface area contributed by atoms with E-state index in [2.05, 4.69) is 4.98 Å². The first-order valence-corrected chi connectivity index (χ1v) is 11.1. The monoisotopic (exact) mass is 490 g/mol. The van der Waals surface area contributed by atoms with Gasteiger partial charge in [-0.2, -0.15) is 0 Å². The number of amides is 1. The van der Waals surface area contributed by atoms with Crippen molar-refractivity contribution in [3.63, 3.8) is 0 Å². The summed E-state index contributed by atoms with van der Waals surface area (Å²) in [5.41, 5.74) is 1.33. The maximum absolute atomic E-state index is 15.2. The molecule has 0 saturated heterocycles. The summed E-state index contributed by atoms with van der Waals surface area (Å²) in [5, 5.41) is 20.6. The molecule has 3 N–H and O–H groups in total. The summed E-state index contributed by atoms with van der Waals surface area (Å²) in [5.74, 6) is -6.02. The van der Waals surface area contributed by atoms with Gasteiger partial charge in [0.25, 0.3) is 5.91 Å². The molecule has 0 radical (unpaired) electrons. The number of aromatic nitrogens is 1. The number of para-hydroxylation sites is 1. The minimum absolute atomic E-state index is 0.109. The molecule has 2 atom stereocenters. The van der Waals surface area contributed by atoms with Crippen LogP contribution in [0.1, 0.15) is 49.1 Å². The number of H-pyrrole nitrogens is 1. The first-order valence-electron chi connectivity index (χ1n) is 11.1. The van der Waals surface area contributed by atoms with Crippen LogP contribution in [0.2, 0.25) is 0 Å². The Bertz CT molecular complexity index is 1560. The maximum atomic E-state index is 15.2. The number of halogens is 2. The SMILES string of the molecule is Cc1ccc(C(=O)N2[C@@H](c3cccc(F)c3F)c3[nH]c4ccccc4c3C[C@H]2C(=O)O)c(C(=O)O)c1. The van der Waals surface area contributed by atoms with Crippen LogP contribution in [0.4, 0.5) is 8.78 Å². The fraction of sp³-hybridized carbons (Fsp3) is 0.148. The lowest BCUT2D eigenvalue weighted by Crippen LogP contribution is -2.52. The van der Waals surface area contributed by atoms with Crippen molar-refractivity contribution in [2.75, 3.05) is 0 Å². The number of fused-ring (bicyclic) bond motifs is 3. The Balaban J connectivity index is 1.81. The van der Waals surface area contributed by atoms with Crippen molar-refractivity contribution >= 4 is 28.7 Å². The van der Waals surface area contributed by atoms with Gasteiger partial charge in [0.1, 0.15) is 12.1 Å². The van der Waals surface area contributed by atoms with Crippen molar-refractivity contribution in [1.82, 2.24) is 9.88 Å². The maximum Gasteiger partial charge on any atom is 0.336 e. The van der Waals surface area contributed by atoms with Crippen molar-refractivity contribution < 1.29 is 33.4 Å². The van der Waals surface area contributed by atoms with Crippen molar-refractivity contribution in [1.29, 1.82) is 0 Å². The van der Waals surface area contributed by atoms with E-state index in [-0.39, 0.29) is 23.1 Å². The molecule has 7 nitrogen and oxygen atoms in total. The van der Waals surface area contributed by atoms with E-state index in [1.165, 1.54) is 30.3 Å². The second kappa shape index (κ2) is 8.60. The van der Waals surface area contributed by atoms with Gasteiger partial charge < -0.3 is 20.1 Å². The lowest BCUT2D eigenvalue weighted by Gasteiger charge is -2.40. The molecule has 1 amide bonds. The van der Waals surface area contributed by atoms with Gasteiger partial charge in [0.05, 0.1) is 11.1 Å². The Labute approximate surface area is 203 Å². The van der Waals surface area contributed by atoms with E-state index in [0.717, 1.165) is 11.0 Å². The van der Waals surface area contributed by atoms with Gasteiger partial charge in [-0.05, 0) is 36.8 Å². The van der Waals surface area contributed by atoms with Crippen molar-refractivity contribution in [2.24, 2.45) is 0 Å². The average molecular weight is 490 g/mol. The second-order valence-electron chi connectivity index (χ2n) is 8.73. The molecule has 1 aliphatic rings. The fourth-order valence-corrected chi connectivity index (χ4v) is 4.95. The second-order valence-corrected chi connectivity index (χ2v) is 8.73. The van der Waals surface area contributed by atoms with E-state index >= 15 is 4.39 Å². The number of hydrogen-bond donors (Lipinski definition) is 3. The number of benzene rings is 3. The zero-order valence-electron chi connectivity index (χ0n) is 19.0. The quantitative estimate of drug-likeness (QED) is 0.384. The van der Waals surface area contributed by atoms with Gasteiger partial charge >= 0.3 is 11.9 Å². The van der Waals surface area contributed by atoms with E-state index in [1.807, 2.05) is 0 Å². The number of carboxylic acid groups (broad SMARTS) is 2. The molecule has 2 heterocycles. The number of aromatic amines is 1. The molecule has 9 heteroatoms. The minimum Gasteiger partial charge on any atom is -0.480 e. The molecule has 3 aromatic carbocycles. The van der Waals surface area contributed by atoms with Crippen LogP contribution >= 0.6 is 0 Å².